The van der Waals surface area contributed by atoms with Crippen molar-refractivity contribution in [1.29, 1.82) is 0 Å². The predicted octanol–water partition coefficient (Wildman–Crippen LogP) is 0.275. The highest BCUT2D eigenvalue weighted by Gasteiger charge is 2.44. The number of ether oxygens (including phenoxy) is 2. The van der Waals surface area contributed by atoms with Crippen LogP contribution in [0.3, 0.4) is 0 Å². The first-order valence-electron chi connectivity index (χ1n) is 5.11. The van der Waals surface area contributed by atoms with E-state index >= 15 is 0 Å². The molecular weight excluding hydrogens is 242 g/mol. The topological polar surface area (TPSA) is 95.7 Å². The molecule has 0 aromatic rings. The quantitative estimate of drug-likeness (QED) is 0.406. The average molecular weight is 255 g/mol. The van der Waals surface area contributed by atoms with Crippen molar-refractivity contribution in [1.82, 2.24) is 0 Å². The van der Waals surface area contributed by atoms with Crippen molar-refractivity contribution in [2.24, 2.45) is 0 Å². The maximum Gasteiger partial charge on any atom is 0.336 e. The molecule has 2 atom stereocenters. The molecule has 0 heterocycles. The molecule has 0 radical (unpaired) electrons. The second-order valence-corrected chi connectivity index (χ2v) is 3.68. The Morgan fingerprint density at radius 3 is 2.22 bits per heavy atom. The molecule has 7 nitrogen and oxygen atoms in total. The van der Waals surface area contributed by atoms with Crippen LogP contribution in [-0.2, 0) is 19.1 Å². The molecule has 7 heteroatoms. The van der Waals surface area contributed by atoms with E-state index in [0.29, 0.717) is 0 Å². The van der Waals surface area contributed by atoms with Gasteiger partial charge in [-0.05, 0) is 19.1 Å². The number of nitro groups is 1. The number of hydrogen-bond donors (Lipinski definition) is 0. The van der Waals surface area contributed by atoms with E-state index in [-0.39, 0.29) is 11.1 Å². The molecule has 18 heavy (non-hydrogen) atoms. The Morgan fingerprint density at radius 2 is 1.83 bits per heavy atom. The van der Waals surface area contributed by atoms with Crippen molar-refractivity contribution in [2.75, 3.05) is 14.2 Å². The molecule has 0 saturated heterocycles. The van der Waals surface area contributed by atoms with E-state index in [4.69, 9.17) is 4.74 Å². The highest BCUT2D eigenvalue weighted by Crippen LogP contribution is 2.25. The lowest BCUT2D eigenvalue weighted by atomic mass is 9.88. The SMILES string of the molecule is COC(=O)C1=CC=C(C(C)=O)C([N+](=O)[O-])[C@H]1OC. The third-order valence-corrected chi connectivity index (χ3v) is 2.66. The van der Waals surface area contributed by atoms with Crippen LogP contribution in [-0.4, -0.2) is 43.0 Å². The van der Waals surface area contributed by atoms with Crippen LogP contribution in [0.5, 0.6) is 0 Å². The van der Waals surface area contributed by atoms with Gasteiger partial charge in [0.2, 0.25) is 0 Å². The average Bonchev–Trinajstić information content (AvgIpc) is 2.35. The van der Waals surface area contributed by atoms with Gasteiger partial charge in [0.15, 0.2) is 11.9 Å². The minimum Gasteiger partial charge on any atom is -0.466 e. The maximum atomic E-state index is 11.5. The molecule has 1 aliphatic rings. The molecule has 0 spiro atoms. The minimum absolute atomic E-state index is 0.000460. The van der Waals surface area contributed by atoms with Crippen LogP contribution in [0.15, 0.2) is 23.3 Å². The maximum absolute atomic E-state index is 11.5. The number of carbonyl (C=O) groups excluding carboxylic acids is 2. The number of hydrogen-bond acceptors (Lipinski definition) is 6. The first-order chi connectivity index (χ1) is 8.43. The lowest BCUT2D eigenvalue weighted by Crippen LogP contribution is -2.43. The zero-order valence-corrected chi connectivity index (χ0v) is 10.2. The summed E-state index contributed by atoms with van der Waals surface area (Å²) in [7, 11) is 2.41. The number of esters is 1. The van der Waals surface area contributed by atoms with Crippen LogP contribution in [0.4, 0.5) is 0 Å². The van der Waals surface area contributed by atoms with Crippen molar-refractivity contribution in [3.63, 3.8) is 0 Å². The zero-order chi connectivity index (χ0) is 13.9. The second-order valence-electron chi connectivity index (χ2n) is 3.68. The molecular formula is C11H13NO6. The van der Waals surface area contributed by atoms with E-state index in [1.54, 1.807) is 0 Å². The van der Waals surface area contributed by atoms with Crippen molar-refractivity contribution >= 4 is 11.8 Å². The molecule has 1 unspecified atom stereocenters. The Morgan fingerprint density at radius 1 is 1.28 bits per heavy atom. The highest BCUT2D eigenvalue weighted by atomic mass is 16.6. The van der Waals surface area contributed by atoms with Gasteiger partial charge >= 0.3 is 5.97 Å². The van der Waals surface area contributed by atoms with E-state index in [0.717, 1.165) is 0 Å². The Kier molecular flexibility index (Phi) is 4.33. The van der Waals surface area contributed by atoms with E-state index in [9.17, 15) is 19.7 Å². The molecule has 0 bridgehead atoms. The largest absolute Gasteiger partial charge is 0.466 e. The van der Waals surface area contributed by atoms with Crippen LogP contribution < -0.4 is 0 Å². The summed E-state index contributed by atoms with van der Waals surface area (Å²) in [6.45, 7) is 1.23. The summed E-state index contributed by atoms with van der Waals surface area (Å²) in [6.07, 6.45) is 1.45. The number of allylic oxidation sites excluding steroid dienone is 2. The smallest absolute Gasteiger partial charge is 0.336 e. The fourth-order valence-electron chi connectivity index (χ4n) is 1.81. The van der Waals surface area contributed by atoms with E-state index in [1.165, 1.54) is 33.3 Å². The first-order valence-corrected chi connectivity index (χ1v) is 5.11. The number of rotatable bonds is 4. The van der Waals surface area contributed by atoms with Crippen molar-refractivity contribution in [3.05, 3.63) is 33.4 Å². The van der Waals surface area contributed by atoms with Crippen LogP contribution in [0, 0.1) is 10.1 Å². The Labute approximate surface area is 103 Å². The minimum atomic E-state index is -1.40. The predicted molar refractivity (Wildman–Crippen MR) is 60.4 cm³/mol. The summed E-state index contributed by atoms with van der Waals surface area (Å²) in [5.74, 6) is -1.15. The van der Waals surface area contributed by atoms with Gasteiger partial charge in [-0.25, -0.2) is 4.79 Å². The first kappa shape index (κ1) is 14.0. The van der Waals surface area contributed by atoms with Gasteiger partial charge in [0.1, 0.15) is 0 Å². The molecule has 0 saturated carbocycles. The van der Waals surface area contributed by atoms with Gasteiger partial charge < -0.3 is 9.47 Å². The Bertz CT molecular complexity index is 450. The molecule has 0 aromatic carbocycles. The van der Waals surface area contributed by atoms with Crippen LogP contribution >= 0.6 is 0 Å². The second kappa shape index (κ2) is 5.54. The standard InChI is InChI=1S/C11H13NO6/c1-6(13)7-4-5-8(11(14)18-3)10(17-2)9(7)12(15)16/h4-5,9-10H,1-3H3/t9?,10-/m0/s1. The molecule has 0 fully saturated rings. The summed E-state index contributed by atoms with van der Waals surface area (Å²) in [4.78, 5) is 33.2. The van der Waals surface area contributed by atoms with Gasteiger partial charge in [-0.1, -0.05) is 0 Å². The molecule has 1 aliphatic carbocycles. The van der Waals surface area contributed by atoms with E-state index in [2.05, 4.69) is 4.74 Å². The summed E-state index contributed by atoms with van der Waals surface area (Å²) in [5, 5.41) is 11.0. The molecule has 98 valence electrons. The summed E-state index contributed by atoms with van der Waals surface area (Å²) < 4.78 is 9.50. The molecule has 0 amide bonds. The number of methoxy groups -OCH3 is 2. The lowest BCUT2D eigenvalue weighted by molar-refractivity contribution is -0.521. The third-order valence-electron chi connectivity index (χ3n) is 2.66. The number of carbonyl (C=O) groups is 2. The Balaban J connectivity index is 3.28. The van der Waals surface area contributed by atoms with Crippen LogP contribution in [0.1, 0.15) is 6.92 Å². The van der Waals surface area contributed by atoms with Crippen molar-refractivity contribution in [2.45, 2.75) is 19.1 Å². The van der Waals surface area contributed by atoms with Gasteiger partial charge in [-0.3, -0.25) is 14.9 Å². The summed E-state index contributed by atoms with van der Waals surface area (Å²) >= 11 is 0. The van der Waals surface area contributed by atoms with Gasteiger partial charge in [-0.2, -0.15) is 0 Å². The molecule has 0 N–H and O–H groups in total. The number of nitrogens with zero attached hydrogens (tertiary/aromatic N) is 1. The van der Waals surface area contributed by atoms with Crippen LogP contribution in [0.25, 0.3) is 0 Å². The number of Topliss-reactive ketones (excluding diaryl/α,β-unsaturated/α-hetero) is 1. The lowest BCUT2D eigenvalue weighted by Gasteiger charge is -2.24. The van der Waals surface area contributed by atoms with Gasteiger partial charge in [0.05, 0.1) is 18.3 Å². The van der Waals surface area contributed by atoms with Gasteiger partial charge in [-0.15, -0.1) is 0 Å². The highest BCUT2D eigenvalue weighted by molar-refractivity contribution is 5.98. The normalized spacial score (nSPS) is 22.8. The molecule has 0 aromatic heterocycles. The number of ketones is 1. The summed E-state index contributed by atoms with van der Waals surface area (Å²) in [5.41, 5.74) is 0.0196. The van der Waals surface area contributed by atoms with Crippen molar-refractivity contribution < 1.29 is 24.0 Å². The van der Waals surface area contributed by atoms with E-state index in [1.807, 2.05) is 0 Å². The zero-order valence-electron chi connectivity index (χ0n) is 10.2. The monoisotopic (exact) mass is 255 g/mol. The third kappa shape index (κ3) is 2.45. The molecule has 1 rings (SSSR count). The fraction of sp³-hybridized carbons (Fsp3) is 0.455. The van der Waals surface area contributed by atoms with Gasteiger partial charge in [0.25, 0.3) is 6.04 Å². The Hall–Kier alpha value is -2.02. The van der Waals surface area contributed by atoms with Crippen molar-refractivity contribution in [3.8, 4) is 0 Å². The fourth-order valence-corrected chi connectivity index (χ4v) is 1.81. The van der Waals surface area contributed by atoms with Gasteiger partial charge in [0, 0.05) is 12.0 Å². The van der Waals surface area contributed by atoms with Crippen LogP contribution in [0.2, 0.25) is 0 Å². The summed E-state index contributed by atoms with van der Waals surface area (Å²) in [6, 6.07) is -1.40. The van der Waals surface area contributed by atoms with E-state index < -0.39 is 28.8 Å². The molecule has 0 aliphatic heterocycles.